The number of carbonyl (C=O) groups excluding carboxylic acids is 2. The molecule has 0 unspecified atom stereocenters. The Morgan fingerprint density at radius 3 is 1.30 bits per heavy atom. The molecule has 2 aromatic carbocycles. The number of rotatable bonds is 4. The second kappa shape index (κ2) is 10.7. The van der Waals surface area contributed by atoms with Crippen molar-refractivity contribution in [2.45, 2.75) is 13.7 Å². The van der Waals surface area contributed by atoms with E-state index in [0.717, 1.165) is 0 Å². The molecule has 0 amide bonds. The molecule has 4 nitrogen and oxygen atoms in total. The summed E-state index contributed by atoms with van der Waals surface area (Å²) in [5.41, 5.74) is -2.31. The molecule has 0 aromatic heterocycles. The highest BCUT2D eigenvalue weighted by Crippen LogP contribution is 2.29. The van der Waals surface area contributed by atoms with E-state index in [-0.39, 0.29) is 0 Å². The van der Waals surface area contributed by atoms with Crippen LogP contribution in [0.15, 0.2) is 30.3 Å². The SMILES string of the molecule is [2H]C([2H])([2H])C(=C)C(=O)Oc1c(F)c(F)c(F)c(F)c1F.[2H]c1c(F)c(F)c(OC(=O)C(=C)C([2H])([2H])[2H])c(F)c1F. The lowest BCUT2D eigenvalue weighted by Gasteiger charge is -2.08. The zero-order chi connectivity index (χ0) is 31.7. The van der Waals surface area contributed by atoms with Crippen LogP contribution >= 0.6 is 0 Å². The summed E-state index contributed by atoms with van der Waals surface area (Å²) in [6.07, 6.45) is 0. The summed E-state index contributed by atoms with van der Waals surface area (Å²) in [6.45, 7) is -0.406. The molecule has 2 aromatic rings. The Kier molecular flexibility index (Phi) is 5.75. The first-order valence-electron chi connectivity index (χ1n) is 11.1. The highest BCUT2D eigenvalue weighted by molar-refractivity contribution is 5.89. The molecule has 0 radical (unpaired) electrons. The van der Waals surface area contributed by atoms with Gasteiger partial charge in [0.05, 0.1) is 1.37 Å². The molecule has 0 atom stereocenters. The van der Waals surface area contributed by atoms with Gasteiger partial charge in [0.15, 0.2) is 11.6 Å². The molecule has 0 heterocycles. The van der Waals surface area contributed by atoms with Crippen LogP contribution in [0.4, 0.5) is 39.5 Å². The summed E-state index contributed by atoms with van der Waals surface area (Å²) in [5.74, 6) is -27.6. The summed E-state index contributed by atoms with van der Waals surface area (Å²) in [6, 6.07) is -1.69. The van der Waals surface area contributed by atoms with Crippen LogP contribution in [0, 0.1) is 52.4 Å². The van der Waals surface area contributed by atoms with Crippen LogP contribution < -0.4 is 9.47 Å². The van der Waals surface area contributed by atoms with Gasteiger partial charge in [-0.05, 0) is 13.7 Å². The predicted molar refractivity (Wildman–Crippen MR) is 93.4 cm³/mol. The van der Waals surface area contributed by atoms with Crippen LogP contribution in [0.3, 0.4) is 0 Å². The first-order chi connectivity index (χ1) is 18.0. The van der Waals surface area contributed by atoms with Crippen LogP contribution in [0.1, 0.15) is 23.3 Å². The Hall–Kier alpha value is -3.77. The lowest BCUT2D eigenvalue weighted by molar-refractivity contribution is -0.131. The highest BCUT2D eigenvalue weighted by atomic mass is 19.2. The van der Waals surface area contributed by atoms with Crippen molar-refractivity contribution < 1.29 is 68.2 Å². The van der Waals surface area contributed by atoms with E-state index in [1.54, 1.807) is 0 Å². The topological polar surface area (TPSA) is 52.6 Å². The maximum Gasteiger partial charge on any atom is 0.338 e. The molecule has 33 heavy (non-hydrogen) atoms. The van der Waals surface area contributed by atoms with Crippen molar-refractivity contribution in [1.82, 2.24) is 0 Å². The van der Waals surface area contributed by atoms with Crippen molar-refractivity contribution in [3.8, 4) is 11.5 Å². The van der Waals surface area contributed by atoms with Gasteiger partial charge in [-0.1, -0.05) is 13.2 Å². The second-order valence-electron chi connectivity index (χ2n) is 5.35. The van der Waals surface area contributed by atoms with Crippen molar-refractivity contribution in [3.63, 3.8) is 0 Å². The minimum atomic E-state index is -3.04. The maximum atomic E-state index is 13.3. The molecule has 2 rings (SSSR count). The van der Waals surface area contributed by atoms with Gasteiger partial charge in [-0.2, -0.15) is 17.6 Å². The largest absolute Gasteiger partial charge is 0.417 e. The molecule has 178 valence electrons. The lowest BCUT2D eigenvalue weighted by Crippen LogP contribution is -2.13. The quantitative estimate of drug-likeness (QED) is 0.139. The van der Waals surface area contributed by atoms with Gasteiger partial charge in [-0.15, -0.1) is 0 Å². The van der Waals surface area contributed by atoms with Gasteiger partial charge in [0.2, 0.25) is 52.2 Å². The number of benzene rings is 2. The molecule has 0 bridgehead atoms. The molecular formula is C20H11F9O4. The van der Waals surface area contributed by atoms with Crippen molar-refractivity contribution in [2.24, 2.45) is 0 Å². The summed E-state index contributed by atoms with van der Waals surface area (Å²) >= 11 is 0. The van der Waals surface area contributed by atoms with Gasteiger partial charge in [-0.25, -0.2) is 31.5 Å². The van der Waals surface area contributed by atoms with Gasteiger partial charge < -0.3 is 9.47 Å². The molecule has 0 aliphatic rings. The highest BCUT2D eigenvalue weighted by Gasteiger charge is 2.28. The Morgan fingerprint density at radius 2 is 0.970 bits per heavy atom. The van der Waals surface area contributed by atoms with Crippen molar-refractivity contribution in [2.75, 3.05) is 0 Å². The van der Waals surface area contributed by atoms with E-state index in [0.29, 0.717) is 0 Å². The lowest BCUT2D eigenvalue weighted by atomic mass is 10.2. The standard InChI is InChI=1S/C10H5F5O2.C10H6F4O2/c1-3(2)10(16)17-9-7(14)5(12)4(11)6(13)8(9)15;1-4(2)10(15)16-9-7(13)5(11)3-6(12)8(9)14/h1H2,2H3;3H,1H2,2H3/i2D3;2D3,3D. The third-order valence-corrected chi connectivity index (χ3v) is 3.06. The van der Waals surface area contributed by atoms with Gasteiger partial charge in [0.25, 0.3) is 0 Å². The average molecular weight is 493 g/mol. The van der Waals surface area contributed by atoms with Gasteiger partial charge in [0, 0.05) is 25.4 Å². The van der Waals surface area contributed by atoms with Gasteiger partial charge in [0.1, 0.15) is 0 Å². The van der Waals surface area contributed by atoms with Crippen molar-refractivity contribution >= 4 is 11.9 Å². The van der Waals surface area contributed by atoms with Crippen LogP contribution in [0.25, 0.3) is 0 Å². The minimum Gasteiger partial charge on any atom is -0.417 e. The zero-order valence-electron chi connectivity index (χ0n) is 22.4. The smallest absolute Gasteiger partial charge is 0.338 e. The number of hydrogen-bond acceptors (Lipinski definition) is 4. The predicted octanol–water partition coefficient (Wildman–Crippen LogP) is 5.59. The van der Waals surface area contributed by atoms with Gasteiger partial charge in [-0.3, -0.25) is 0 Å². The van der Waals surface area contributed by atoms with Crippen LogP contribution in [0.2, 0.25) is 0 Å². The fraction of sp³-hybridized carbons (Fsp3) is 0.100. The average Bonchev–Trinajstić information content (AvgIpc) is 2.87. The molecular weight excluding hydrogens is 475 g/mol. The summed E-state index contributed by atoms with van der Waals surface area (Å²) in [7, 11) is 0. The number of halogens is 9. The monoisotopic (exact) mass is 493 g/mol. The molecule has 0 aliphatic heterocycles. The number of ether oxygens (including phenoxy) is 2. The second-order valence-corrected chi connectivity index (χ2v) is 5.35. The van der Waals surface area contributed by atoms with Crippen LogP contribution in [-0.4, -0.2) is 11.9 Å². The summed E-state index contributed by atoms with van der Waals surface area (Å²) in [5, 5.41) is 0. The molecule has 0 saturated carbocycles. The van der Waals surface area contributed by atoms with Crippen LogP contribution in [-0.2, 0) is 9.59 Å². The van der Waals surface area contributed by atoms with E-state index >= 15 is 0 Å². The van der Waals surface area contributed by atoms with E-state index in [1.807, 2.05) is 0 Å². The fourth-order valence-electron chi connectivity index (χ4n) is 1.57. The molecule has 0 saturated heterocycles. The Balaban J connectivity index is 0.000000400. The molecule has 13 heteroatoms. The van der Waals surface area contributed by atoms with Crippen LogP contribution in [0.5, 0.6) is 11.5 Å². The van der Waals surface area contributed by atoms with E-state index < -0.39 is 107 Å². The van der Waals surface area contributed by atoms with E-state index in [1.165, 1.54) is 0 Å². The summed E-state index contributed by atoms with van der Waals surface area (Å²) < 4.78 is 173. The number of hydrogen-bond donors (Lipinski definition) is 0. The molecule has 0 aliphatic carbocycles. The zero-order valence-corrected chi connectivity index (χ0v) is 15.4. The molecule has 0 fully saturated rings. The first kappa shape index (κ1) is 17.7. The minimum absolute atomic E-state index is 1.13. The Labute approximate surface area is 189 Å². The first-order valence-corrected chi connectivity index (χ1v) is 7.63. The van der Waals surface area contributed by atoms with E-state index in [2.05, 4.69) is 22.6 Å². The van der Waals surface area contributed by atoms with E-state index in [4.69, 9.17) is 9.60 Å². The maximum absolute atomic E-state index is 13.3. The third-order valence-electron chi connectivity index (χ3n) is 3.06. The normalized spacial score (nSPS) is 14.0. The Bertz CT molecular complexity index is 1240. The molecule has 0 N–H and O–H groups in total. The van der Waals surface area contributed by atoms with Crippen molar-refractivity contribution in [1.29, 1.82) is 0 Å². The number of carbonyl (C=O) groups is 2. The Morgan fingerprint density at radius 1 is 0.667 bits per heavy atom. The summed E-state index contributed by atoms with van der Waals surface area (Å²) in [4.78, 5) is 22.5. The molecule has 0 spiro atoms. The van der Waals surface area contributed by atoms with Crippen molar-refractivity contribution in [3.05, 3.63) is 82.7 Å². The van der Waals surface area contributed by atoms with E-state index in [9.17, 15) is 49.1 Å². The van der Waals surface area contributed by atoms with Gasteiger partial charge >= 0.3 is 11.9 Å². The fourth-order valence-corrected chi connectivity index (χ4v) is 1.57. The third kappa shape index (κ3) is 6.14. The number of esters is 2.